The van der Waals surface area contributed by atoms with Crippen LogP contribution in [-0.4, -0.2) is 30.8 Å². The van der Waals surface area contributed by atoms with Gasteiger partial charge in [0, 0.05) is 0 Å². The number of benzene rings is 1. The van der Waals surface area contributed by atoms with Crippen molar-refractivity contribution >= 4 is 17.6 Å². The van der Waals surface area contributed by atoms with Crippen LogP contribution in [0.2, 0.25) is 0 Å². The molecule has 0 heterocycles. The van der Waals surface area contributed by atoms with Gasteiger partial charge in [0.15, 0.2) is 0 Å². The summed E-state index contributed by atoms with van der Waals surface area (Å²) in [7, 11) is 0. The molecule has 0 bridgehead atoms. The number of carbonyl (C=O) groups excluding carboxylic acids is 2. The van der Waals surface area contributed by atoms with Gasteiger partial charge in [0.25, 0.3) is 0 Å². The maximum Gasteiger partial charge on any atom is 0.398 e. The van der Waals surface area contributed by atoms with Gasteiger partial charge >= 0.3 is 11.9 Å². The standard InChI is InChI=1S/C14H18N2O4/c1-4-19-12-8-6-11(7-9-12)10(3)15-16-13(17)14(18)20-5-2/h6-9H,4-5H2,1-3H3,(H,16,17)/b15-10+. The van der Waals surface area contributed by atoms with Crippen LogP contribution >= 0.6 is 0 Å². The molecule has 1 aromatic rings. The van der Waals surface area contributed by atoms with Gasteiger partial charge in [-0.2, -0.15) is 5.10 Å². The van der Waals surface area contributed by atoms with Gasteiger partial charge in [-0.15, -0.1) is 0 Å². The lowest BCUT2D eigenvalue weighted by Crippen LogP contribution is -2.29. The molecule has 6 heteroatoms. The second-order valence-corrected chi connectivity index (χ2v) is 3.82. The van der Waals surface area contributed by atoms with Gasteiger partial charge in [-0.3, -0.25) is 4.79 Å². The Bertz CT molecular complexity index is 494. The Balaban J connectivity index is 2.64. The monoisotopic (exact) mass is 278 g/mol. The molecular formula is C14H18N2O4. The SMILES string of the molecule is CCOC(=O)C(=O)N/N=C(\C)c1ccc(OCC)cc1. The second-order valence-electron chi connectivity index (χ2n) is 3.82. The first kappa shape index (κ1) is 15.7. The number of hydrazone groups is 1. The summed E-state index contributed by atoms with van der Waals surface area (Å²) in [5.41, 5.74) is 3.54. The van der Waals surface area contributed by atoms with E-state index in [4.69, 9.17) is 4.74 Å². The topological polar surface area (TPSA) is 77.0 Å². The maximum atomic E-state index is 11.3. The summed E-state index contributed by atoms with van der Waals surface area (Å²) in [6.07, 6.45) is 0. The molecule has 0 fully saturated rings. The Kier molecular flexibility index (Phi) is 6.22. The summed E-state index contributed by atoms with van der Waals surface area (Å²) in [5, 5.41) is 3.85. The van der Waals surface area contributed by atoms with Crippen molar-refractivity contribution in [2.45, 2.75) is 20.8 Å². The van der Waals surface area contributed by atoms with Crippen molar-refractivity contribution in [1.82, 2.24) is 5.43 Å². The number of hydrogen-bond donors (Lipinski definition) is 1. The zero-order valence-corrected chi connectivity index (χ0v) is 11.8. The van der Waals surface area contributed by atoms with E-state index in [0.29, 0.717) is 12.3 Å². The van der Waals surface area contributed by atoms with Crippen LogP contribution < -0.4 is 10.2 Å². The summed E-state index contributed by atoms with van der Waals surface area (Å²) in [6, 6.07) is 7.26. The molecule has 0 spiro atoms. The van der Waals surface area contributed by atoms with Crippen LogP contribution in [-0.2, 0) is 14.3 Å². The Morgan fingerprint density at radius 3 is 2.35 bits per heavy atom. The minimum Gasteiger partial charge on any atom is -0.494 e. The zero-order chi connectivity index (χ0) is 15.0. The molecule has 20 heavy (non-hydrogen) atoms. The quantitative estimate of drug-likeness (QED) is 0.383. The van der Waals surface area contributed by atoms with Crippen LogP contribution in [0.3, 0.4) is 0 Å². The predicted molar refractivity (Wildman–Crippen MR) is 74.6 cm³/mol. The highest BCUT2D eigenvalue weighted by molar-refractivity contribution is 6.32. The normalized spacial score (nSPS) is 10.8. The molecule has 0 atom stereocenters. The van der Waals surface area contributed by atoms with Crippen LogP contribution in [0.1, 0.15) is 26.3 Å². The molecule has 1 N–H and O–H groups in total. The van der Waals surface area contributed by atoms with Gasteiger partial charge in [0.2, 0.25) is 0 Å². The van der Waals surface area contributed by atoms with E-state index >= 15 is 0 Å². The van der Waals surface area contributed by atoms with E-state index in [2.05, 4.69) is 15.3 Å². The van der Waals surface area contributed by atoms with Crippen molar-refractivity contribution in [3.8, 4) is 5.75 Å². The van der Waals surface area contributed by atoms with Crippen molar-refractivity contribution in [3.05, 3.63) is 29.8 Å². The molecule has 1 amide bonds. The highest BCUT2D eigenvalue weighted by Crippen LogP contribution is 2.12. The summed E-state index contributed by atoms with van der Waals surface area (Å²) in [6.45, 7) is 6.00. The molecule has 0 aliphatic heterocycles. The summed E-state index contributed by atoms with van der Waals surface area (Å²) < 4.78 is 9.87. The van der Waals surface area contributed by atoms with Crippen molar-refractivity contribution in [3.63, 3.8) is 0 Å². The van der Waals surface area contributed by atoms with E-state index in [9.17, 15) is 9.59 Å². The molecule has 6 nitrogen and oxygen atoms in total. The second kappa shape index (κ2) is 7.93. The Morgan fingerprint density at radius 2 is 1.80 bits per heavy atom. The first-order valence-corrected chi connectivity index (χ1v) is 6.33. The Hall–Kier alpha value is -2.37. The third-order valence-corrected chi connectivity index (χ3v) is 2.37. The fourth-order valence-corrected chi connectivity index (χ4v) is 1.40. The number of ether oxygens (including phenoxy) is 2. The average molecular weight is 278 g/mol. The summed E-state index contributed by atoms with van der Waals surface area (Å²) >= 11 is 0. The average Bonchev–Trinajstić information content (AvgIpc) is 2.45. The van der Waals surface area contributed by atoms with Gasteiger partial charge in [0.1, 0.15) is 5.75 Å². The van der Waals surface area contributed by atoms with E-state index in [1.165, 1.54) is 0 Å². The molecule has 1 aromatic carbocycles. The number of rotatable bonds is 5. The largest absolute Gasteiger partial charge is 0.494 e. The fourth-order valence-electron chi connectivity index (χ4n) is 1.40. The van der Waals surface area contributed by atoms with Crippen molar-refractivity contribution in [2.75, 3.05) is 13.2 Å². The van der Waals surface area contributed by atoms with Crippen molar-refractivity contribution in [2.24, 2.45) is 5.10 Å². The molecule has 0 saturated heterocycles. The third-order valence-electron chi connectivity index (χ3n) is 2.37. The number of nitrogens with one attached hydrogen (secondary N) is 1. The van der Waals surface area contributed by atoms with E-state index in [-0.39, 0.29) is 6.61 Å². The first-order valence-electron chi connectivity index (χ1n) is 6.33. The van der Waals surface area contributed by atoms with Crippen LogP contribution in [0.25, 0.3) is 0 Å². The smallest absolute Gasteiger partial charge is 0.398 e. The molecule has 0 unspecified atom stereocenters. The number of amides is 1. The molecule has 0 saturated carbocycles. The number of carbonyl (C=O) groups is 2. The lowest BCUT2D eigenvalue weighted by Gasteiger charge is -2.05. The minimum absolute atomic E-state index is 0.147. The fraction of sp³-hybridized carbons (Fsp3) is 0.357. The van der Waals surface area contributed by atoms with E-state index < -0.39 is 11.9 Å². The minimum atomic E-state index is -0.948. The molecular weight excluding hydrogens is 260 g/mol. The van der Waals surface area contributed by atoms with E-state index in [1.54, 1.807) is 13.8 Å². The highest BCUT2D eigenvalue weighted by Gasteiger charge is 2.13. The number of esters is 1. The molecule has 0 aromatic heterocycles. The molecule has 1 rings (SSSR count). The zero-order valence-electron chi connectivity index (χ0n) is 11.8. The summed E-state index contributed by atoms with van der Waals surface area (Å²) in [4.78, 5) is 22.4. The predicted octanol–water partition coefficient (Wildman–Crippen LogP) is 1.49. The van der Waals surface area contributed by atoms with Crippen molar-refractivity contribution in [1.29, 1.82) is 0 Å². The number of hydrogen-bond acceptors (Lipinski definition) is 5. The van der Waals surface area contributed by atoms with Crippen LogP contribution in [0, 0.1) is 0 Å². The van der Waals surface area contributed by atoms with Gasteiger partial charge in [-0.05, 0) is 50.6 Å². The Labute approximate surface area is 117 Å². The van der Waals surface area contributed by atoms with Crippen LogP contribution in [0.15, 0.2) is 29.4 Å². The van der Waals surface area contributed by atoms with Gasteiger partial charge in [-0.1, -0.05) is 0 Å². The third kappa shape index (κ3) is 4.72. The van der Waals surface area contributed by atoms with Crippen LogP contribution in [0.5, 0.6) is 5.75 Å². The first-order chi connectivity index (χ1) is 9.58. The van der Waals surface area contributed by atoms with Gasteiger partial charge < -0.3 is 9.47 Å². The maximum absolute atomic E-state index is 11.3. The highest BCUT2D eigenvalue weighted by atomic mass is 16.5. The molecule has 0 aliphatic carbocycles. The van der Waals surface area contributed by atoms with E-state index in [0.717, 1.165) is 11.3 Å². The lowest BCUT2D eigenvalue weighted by atomic mass is 10.1. The van der Waals surface area contributed by atoms with Crippen molar-refractivity contribution < 1.29 is 19.1 Å². The Morgan fingerprint density at radius 1 is 1.15 bits per heavy atom. The van der Waals surface area contributed by atoms with Crippen LogP contribution in [0.4, 0.5) is 0 Å². The molecule has 0 aliphatic rings. The number of nitrogens with zero attached hydrogens (tertiary/aromatic N) is 1. The van der Waals surface area contributed by atoms with E-state index in [1.807, 2.05) is 31.2 Å². The lowest BCUT2D eigenvalue weighted by molar-refractivity contribution is -0.154. The molecule has 0 radical (unpaired) electrons. The van der Waals surface area contributed by atoms with Gasteiger partial charge in [0.05, 0.1) is 18.9 Å². The summed E-state index contributed by atoms with van der Waals surface area (Å²) in [5.74, 6) is -1.08. The van der Waals surface area contributed by atoms with Gasteiger partial charge in [-0.25, -0.2) is 10.2 Å². The molecule has 108 valence electrons.